The van der Waals surface area contributed by atoms with Gasteiger partial charge in [0.1, 0.15) is 17.6 Å². The molecule has 2 rings (SSSR count). The van der Waals surface area contributed by atoms with Gasteiger partial charge in [-0.2, -0.15) is 0 Å². The van der Waals surface area contributed by atoms with E-state index in [4.69, 9.17) is 4.74 Å². The van der Waals surface area contributed by atoms with Crippen molar-refractivity contribution in [2.75, 3.05) is 0 Å². The van der Waals surface area contributed by atoms with Gasteiger partial charge < -0.3 is 4.74 Å². The van der Waals surface area contributed by atoms with E-state index in [1.807, 2.05) is 12.1 Å². The number of hydrogen-bond acceptors (Lipinski definition) is 2. The van der Waals surface area contributed by atoms with Crippen molar-refractivity contribution in [2.45, 2.75) is 18.9 Å². The number of rotatable bonds is 2. The minimum Gasteiger partial charge on any atom is -0.487 e. The van der Waals surface area contributed by atoms with Crippen molar-refractivity contribution in [1.82, 2.24) is 0 Å². The van der Waals surface area contributed by atoms with Gasteiger partial charge in [-0.25, -0.2) is 0 Å². The summed E-state index contributed by atoms with van der Waals surface area (Å²) >= 11 is 10.2. The lowest BCUT2D eigenvalue weighted by Crippen LogP contribution is -2.33. The topological polar surface area (TPSA) is 26.3 Å². The van der Waals surface area contributed by atoms with E-state index in [-0.39, 0.29) is 11.9 Å². The number of hydrogen-bond donors (Lipinski definition) is 0. The van der Waals surface area contributed by atoms with E-state index < -0.39 is 0 Å². The van der Waals surface area contributed by atoms with Gasteiger partial charge in [-0.3, -0.25) is 4.79 Å². The highest BCUT2D eigenvalue weighted by atomic mass is 79.9. The molecular weight excluding hydrogens is 392 g/mol. The minimum absolute atomic E-state index is 0.0336. The molecule has 0 unspecified atom stereocenters. The van der Waals surface area contributed by atoms with Crippen molar-refractivity contribution in [3.63, 3.8) is 0 Å². The molecule has 1 aliphatic rings. The third-order valence-electron chi connectivity index (χ3n) is 2.16. The Morgan fingerprint density at radius 2 is 1.67 bits per heavy atom. The second kappa shape index (κ2) is 4.55. The van der Waals surface area contributed by atoms with Crippen molar-refractivity contribution in [3.8, 4) is 5.75 Å². The molecule has 15 heavy (non-hydrogen) atoms. The van der Waals surface area contributed by atoms with Gasteiger partial charge in [0.25, 0.3) is 0 Å². The molecule has 1 saturated carbocycles. The first-order valence-corrected chi connectivity index (χ1v) is 6.77. The van der Waals surface area contributed by atoms with E-state index in [2.05, 4.69) is 47.8 Å². The Labute approximate surface area is 113 Å². The minimum atomic E-state index is 0.0336. The van der Waals surface area contributed by atoms with E-state index in [0.29, 0.717) is 12.8 Å². The summed E-state index contributed by atoms with van der Waals surface area (Å²) < 4.78 is 8.43. The molecule has 0 atom stereocenters. The molecular formula is C10H7Br3O2. The molecule has 0 radical (unpaired) electrons. The molecule has 0 bridgehead atoms. The summed E-state index contributed by atoms with van der Waals surface area (Å²) in [7, 11) is 0. The molecule has 0 N–H and O–H groups in total. The van der Waals surface area contributed by atoms with Crippen molar-refractivity contribution in [3.05, 3.63) is 25.6 Å². The molecule has 1 fully saturated rings. The van der Waals surface area contributed by atoms with E-state index in [1.165, 1.54) is 0 Å². The van der Waals surface area contributed by atoms with Gasteiger partial charge in [0, 0.05) is 17.3 Å². The number of carbonyl (C=O) groups excluding carboxylic acids is 1. The van der Waals surface area contributed by atoms with Crippen molar-refractivity contribution < 1.29 is 9.53 Å². The predicted molar refractivity (Wildman–Crippen MR) is 68.2 cm³/mol. The van der Waals surface area contributed by atoms with Gasteiger partial charge in [0.15, 0.2) is 0 Å². The van der Waals surface area contributed by atoms with Gasteiger partial charge in [-0.05, 0) is 44.0 Å². The van der Waals surface area contributed by atoms with Gasteiger partial charge >= 0.3 is 0 Å². The zero-order valence-electron chi connectivity index (χ0n) is 7.60. The Morgan fingerprint density at radius 1 is 1.13 bits per heavy atom. The lowest BCUT2D eigenvalue weighted by molar-refractivity contribution is -0.129. The average Bonchev–Trinajstić information content (AvgIpc) is 2.07. The molecule has 1 aromatic carbocycles. The van der Waals surface area contributed by atoms with E-state index in [1.54, 1.807) is 0 Å². The maximum atomic E-state index is 10.8. The van der Waals surface area contributed by atoms with E-state index in [0.717, 1.165) is 19.2 Å². The molecule has 0 heterocycles. The third kappa shape index (κ3) is 2.63. The van der Waals surface area contributed by atoms with Crippen LogP contribution < -0.4 is 4.74 Å². The fourth-order valence-electron chi connectivity index (χ4n) is 1.34. The van der Waals surface area contributed by atoms with Crippen LogP contribution in [0.1, 0.15) is 12.8 Å². The molecule has 0 saturated heterocycles. The molecule has 2 nitrogen and oxygen atoms in total. The van der Waals surface area contributed by atoms with Gasteiger partial charge in [0.05, 0.1) is 8.95 Å². The standard InChI is InChI=1S/C10H7Br3O2/c11-5-1-8(12)10(9(13)2-5)15-7-3-6(14)4-7/h1-2,7H,3-4H2. The maximum Gasteiger partial charge on any atom is 0.148 e. The lowest BCUT2D eigenvalue weighted by Gasteiger charge is -2.26. The van der Waals surface area contributed by atoms with Crippen LogP contribution in [0.15, 0.2) is 25.6 Å². The molecule has 0 aliphatic heterocycles. The summed E-state index contributed by atoms with van der Waals surface area (Å²) in [6.45, 7) is 0. The zero-order chi connectivity index (χ0) is 11.0. The van der Waals surface area contributed by atoms with Crippen molar-refractivity contribution in [2.24, 2.45) is 0 Å². The molecule has 0 amide bonds. The number of carbonyl (C=O) groups is 1. The van der Waals surface area contributed by atoms with Gasteiger partial charge in [0.2, 0.25) is 0 Å². The zero-order valence-corrected chi connectivity index (χ0v) is 12.4. The normalized spacial score (nSPS) is 16.3. The fourth-order valence-corrected chi connectivity index (χ4v) is 3.79. The Balaban J connectivity index is 2.17. The fraction of sp³-hybridized carbons (Fsp3) is 0.300. The second-order valence-corrected chi connectivity index (χ2v) is 6.01. The molecule has 0 aromatic heterocycles. The predicted octanol–water partition coefficient (Wildman–Crippen LogP) is 4.08. The SMILES string of the molecule is O=C1CC(Oc2c(Br)cc(Br)cc2Br)C1. The monoisotopic (exact) mass is 396 g/mol. The van der Waals surface area contributed by atoms with E-state index in [9.17, 15) is 4.79 Å². The van der Waals surface area contributed by atoms with Gasteiger partial charge in [-0.1, -0.05) is 15.9 Å². The Kier molecular flexibility index (Phi) is 3.52. The first kappa shape index (κ1) is 11.6. The van der Waals surface area contributed by atoms with Crippen LogP contribution in [0.2, 0.25) is 0 Å². The van der Waals surface area contributed by atoms with Crippen LogP contribution in [0, 0.1) is 0 Å². The highest BCUT2D eigenvalue weighted by molar-refractivity contribution is 9.11. The number of Topliss-reactive ketones (excluding diaryl/α,β-unsaturated/α-hetero) is 1. The molecule has 80 valence electrons. The first-order chi connectivity index (χ1) is 7.06. The second-order valence-electron chi connectivity index (χ2n) is 3.39. The number of ether oxygens (including phenoxy) is 1. The molecule has 1 aliphatic carbocycles. The number of benzene rings is 1. The summed E-state index contributed by atoms with van der Waals surface area (Å²) in [5, 5.41) is 0. The maximum absolute atomic E-state index is 10.8. The quantitative estimate of drug-likeness (QED) is 0.750. The number of ketones is 1. The van der Waals surface area contributed by atoms with Crippen LogP contribution in [0.4, 0.5) is 0 Å². The van der Waals surface area contributed by atoms with Crippen LogP contribution in [0.25, 0.3) is 0 Å². The summed E-state index contributed by atoms with van der Waals surface area (Å²) in [5.74, 6) is 1.03. The van der Waals surface area contributed by atoms with Gasteiger partial charge in [-0.15, -0.1) is 0 Å². The van der Waals surface area contributed by atoms with E-state index >= 15 is 0 Å². The first-order valence-electron chi connectivity index (χ1n) is 4.39. The lowest BCUT2D eigenvalue weighted by atomic mass is 9.94. The van der Waals surface area contributed by atoms with Crippen molar-refractivity contribution in [1.29, 1.82) is 0 Å². The summed E-state index contributed by atoms with van der Waals surface area (Å²) in [6.07, 6.45) is 1.08. The van der Waals surface area contributed by atoms with Crippen LogP contribution >= 0.6 is 47.8 Å². The Bertz CT molecular complexity index is 386. The average molecular weight is 399 g/mol. The van der Waals surface area contributed by atoms with Crippen LogP contribution in [-0.4, -0.2) is 11.9 Å². The Morgan fingerprint density at radius 3 is 2.13 bits per heavy atom. The highest BCUT2D eigenvalue weighted by Crippen LogP contribution is 2.38. The highest BCUT2D eigenvalue weighted by Gasteiger charge is 2.29. The summed E-state index contributed by atoms with van der Waals surface area (Å²) in [4.78, 5) is 10.8. The summed E-state index contributed by atoms with van der Waals surface area (Å²) in [6, 6.07) is 3.83. The van der Waals surface area contributed by atoms with Crippen LogP contribution in [0.5, 0.6) is 5.75 Å². The Hall–Kier alpha value is 0.130. The summed E-state index contributed by atoms with van der Waals surface area (Å²) in [5.41, 5.74) is 0. The molecule has 1 aromatic rings. The third-order valence-corrected chi connectivity index (χ3v) is 3.79. The van der Waals surface area contributed by atoms with Crippen LogP contribution in [-0.2, 0) is 4.79 Å². The van der Waals surface area contributed by atoms with Crippen LogP contribution in [0.3, 0.4) is 0 Å². The smallest absolute Gasteiger partial charge is 0.148 e. The number of halogens is 3. The molecule has 0 spiro atoms. The molecule has 5 heteroatoms. The largest absolute Gasteiger partial charge is 0.487 e. The van der Waals surface area contributed by atoms with Crippen molar-refractivity contribution >= 4 is 53.6 Å².